The Morgan fingerprint density at radius 2 is 1.71 bits per heavy atom. The maximum atomic E-state index is 13.0. The molecule has 7 heteroatoms. The van der Waals surface area contributed by atoms with E-state index in [0.29, 0.717) is 12.1 Å². The molecule has 0 spiro atoms. The second kappa shape index (κ2) is 9.54. The van der Waals surface area contributed by atoms with Crippen molar-refractivity contribution in [2.75, 3.05) is 4.72 Å². The number of carbonyl (C=O) groups is 1. The standard InChI is InChI=1S/C24H25ClN2O3S/c1-4-21(18-8-6-5-7-9-18)26-24(28)19-11-12-20(25)23(15-19)31(29,30)27-22-13-10-16(2)14-17(22)3/h5-15,21,27H,4H2,1-3H3,(H,26,28)/t21-/m1/s1. The molecule has 3 rings (SSSR count). The number of benzene rings is 3. The predicted octanol–water partition coefficient (Wildman–Crippen LogP) is 5.64. The monoisotopic (exact) mass is 456 g/mol. The van der Waals surface area contributed by atoms with Crippen molar-refractivity contribution in [3.8, 4) is 0 Å². The molecular weight excluding hydrogens is 432 g/mol. The van der Waals surface area contributed by atoms with Gasteiger partial charge in [-0.05, 0) is 55.7 Å². The minimum absolute atomic E-state index is 0.0453. The van der Waals surface area contributed by atoms with Crippen LogP contribution in [0.2, 0.25) is 5.02 Å². The van der Waals surface area contributed by atoms with Gasteiger partial charge in [0.15, 0.2) is 0 Å². The van der Waals surface area contributed by atoms with E-state index in [9.17, 15) is 13.2 Å². The maximum Gasteiger partial charge on any atom is 0.263 e. The zero-order chi connectivity index (χ0) is 22.6. The molecule has 0 fully saturated rings. The number of aryl methyl sites for hydroxylation is 2. The lowest BCUT2D eigenvalue weighted by Crippen LogP contribution is -2.28. The number of amides is 1. The number of carbonyl (C=O) groups excluding carboxylic acids is 1. The minimum Gasteiger partial charge on any atom is -0.345 e. The molecule has 162 valence electrons. The van der Waals surface area contributed by atoms with E-state index in [4.69, 9.17) is 11.6 Å². The third-order valence-electron chi connectivity index (χ3n) is 5.02. The molecule has 0 unspecified atom stereocenters. The summed E-state index contributed by atoms with van der Waals surface area (Å²) in [5, 5.41) is 3.01. The smallest absolute Gasteiger partial charge is 0.263 e. The summed E-state index contributed by atoms with van der Waals surface area (Å²) in [5.41, 5.74) is 3.49. The first-order valence-electron chi connectivity index (χ1n) is 9.96. The second-order valence-electron chi connectivity index (χ2n) is 7.41. The van der Waals surface area contributed by atoms with E-state index >= 15 is 0 Å². The van der Waals surface area contributed by atoms with Gasteiger partial charge in [0.1, 0.15) is 4.90 Å². The van der Waals surface area contributed by atoms with Crippen LogP contribution < -0.4 is 10.0 Å². The van der Waals surface area contributed by atoms with Crippen LogP contribution in [-0.4, -0.2) is 14.3 Å². The van der Waals surface area contributed by atoms with E-state index in [-0.39, 0.29) is 27.4 Å². The van der Waals surface area contributed by atoms with Crippen molar-refractivity contribution in [3.05, 3.63) is 94.0 Å². The van der Waals surface area contributed by atoms with Crippen LogP contribution in [0.3, 0.4) is 0 Å². The molecule has 0 bridgehead atoms. The lowest BCUT2D eigenvalue weighted by atomic mass is 10.0. The van der Waals surface area contributed by atoms with Gasteiger partial charge in [-0.15, -0.1) is 0 Å². The number of nitrogens with one attached hydrogen (secondary N) is 2. The summed E-state index contributed by atoms with van der Waals surface area (Å²) in [7, 11) is -3.98. The molecule has 0 saturated heterocycles. The van der Waals surface area contributed by atoms with Gasteiger partial charge in [0, 0.05) is 5.56 Å². The molecular formula is C24H25ClN2O3S. The van der Waals surface area contributed by atoms with Gasteiger partial charge in [0.05, 0.1) is 16.8 Å². The third kappa shape index (κ3) is 5.46. The number of anilines is 1. The van der Waals surface area contributed by atoms with Gasteiger partial charge in [0.2, 0.25) is 0 Å². The molecule has 0 heterocycles. The number of halogens is 1. The maximum absolute atomic E-state index is 13.0. The Kier molecular flexibility index (Phi) is 7.03. The molecule has 0 aliphatic rings. The van der Waals surface area contributed by atoms with E-state index in [1.807, 2.05) is 63.2 Å². The first-order chi connectivity index (χ1) is 14.7. The predicted molar refractivity (Wildman–Crippen MR) is 125 cm³/mol. The molecule has 0 aliphatic carbocycles. The van der Waals surface area contributed by atoms with E-state index in [0.717, 1.165) is 16.7 Å². The third-order valence-corrected chi connectivity index (χ3v) is 6.87. The summed E-state index contributed by atoms with van der Waals surface area (Å²) in [6.07, 6.45) is 0.697. The zero-order valence-electron chi connectivity index (χ0n) is 17.6. The summed E-state index contributed by atoms with van der Waals surface area (Å²) in [5.74, 6) is -0.365. The molecule has 0 radical (unpaired) electrons. The average Bonchev–Trinajstić information content (AvgIpc) is 2.74. The highest BCUT2D eigenvalue weighted by molar-refractivity contribution is 7.92. The van der Waals surface area contributed by atoms with E-state index in [1.54, 1.807) is 6.07 Å². The Morgan fingerprint density at radius 3 is 2.35 bits per heavy atom. The quantitative estimate of drug-likeness (QED) is 0.483. The van der Waals surface area contributed by atoms with Crippen molar-refractivity contribution in [2.24, 2.45) is 0 Å². The van der Waals surface area contributed by atoms with Crippen molar-refractivity contribution in [2.45, 2.75) is 38.1 Å². The van der Waals surface area contributed by atoms with Gasteiger partial charge in [-0.25, -0.2) is 8.42 Å². The number of hydrogen-bond donors (Lipinski definition) is 2. The van der Waals surface area contributed by atoms with Crippen LogP contribution in [0.25, 0.3) is 0 Å². The van der Waals surface area contributed by atoms with E-state index in [1.165, 1.54) is 18.2 Å². The van der Waals surface area contributed by atoms with Crippen LogP contribution in [0, 0.1) is 13.8 Å². The SMILES string of the molecule is CC[C@@H](NC(=O)c1ccc(Cl)c(S(=O)(=O)Nc2ccc(C)cc2C)c1)c1ccccc1. The molecule has 1 atom stereocenters. The van der Waals surface area contributed by atoms with Crippen molar-refractivity contribution < 1.29 is 13.2 Å². The van der Waals surface area contributed by atoms with E-state index in [2.05, 4.69) is 10.0 Å². The Morgan fingerprint density at radius 1 is 1.00 bits per heavy atom. The van der Waals surface area contributed by atoms with Crippen LogP contribution in [-0.2, 0) is 10.0 Å². The second-order valence-corrected chi connectivity index (χ2v) is 9.47. The van der Waals surface area contributed by atoms with Crippen molar-refractivity contribution in [1.82, 2.24) is 5.32 Å². The van der Waals surface area contributed by atoms with E-state index < -0.39 is 10.0 Å². The first-order valence-corrected chi connectivity index (χ1v) is 11.8. The molecule has 0 saturated carbocycles. The number of sulfonamides is 1. The lowest BCUT2D eigenvalue weighted by molar-refractivity contribution is 0.0935. The van der Waals surface area contributed by atoms with Crippen LogP contribution in [0.4, 0.5) is 5.69 Å². The Labute approximate surface area is 188 Å². The molecule has 3 aromatic rings. The summed E-state index contributed by atoms with van der Waals surface area (Å²) >= 11 is 6.19. The van der Waals surface area contributed by atoms with Crippen molar-refractivity contribution in [1.29, 1.82) is 0 Å². The normalized spacial score (nSPS) is 12.3. The van der Waals surface area contributed by atoms with Gasteiger partial charge in [-0.1, -0.05) is 66.6 Å². The fraction of sp³-hybridized carbons (Fsp3) is 0.208. The summed E-state index contributed by atoms with van der Waals surface area (Å²) in [6.45, 7) is 5.73. The molecule has 2 N–H and O–H groups in total. The highest BCUT2D eigenvalue weighted by Crippen LogP contribution is 2.27. The molecule has 3 aromatic carbocycles. The average molecular weight is 457 g/mol. The van der Waals surface area contributed by atoms with Crippen LogP contribution in [0.5, 0.6) is 0 Å². The summed E-state index contributed by atoms with van der Waals surface area (Å²) in [6, 6.07) is 19.1. The molecule has 1 amide bonds. The largest absolute Gasteiger partial charge is 0.345 e. The highest BCUT2D eigenvalue weighted by Gasteiger charge is 2.22. The van der Waals surface area contributed by atoms with Crippen molar-refractivity contribution >= 4 is 33.2 Å². The Hall–Kier alpha value is -2.83. The van der Waals surface area contributed by atoms with Crippen LogP contribution in [0.15, 0.2) is 71.6 Å². The van der Waals surface area contributed by atoms with Gasteiger partial charge in [-0.3, -0.25) is 9.52 Å². The summed E-state index contributed by atoms with van der Waals surface area (Å²) < 4.78 is 28.6. The van der Waals surface area contributed by atoms with Crippen LogP contribution in [0.1, 0.15) is 46.4 Å². The van der Waals surface area contributed by atoms with Gasteiger partial charge in [-0.2, -0.15) is 0 Å². The fourth-order valence-corrected chi connectivity index (χ4v) is 4.98. The van der Waals surface area contributed by atoms with Crippen molar-refractivity contribution in [3.63, 3.8) is 0 Å². The van der Waals surface area contributed by atoms with Crippen LogP contribution >= 0.6 is 11.6 Å². The lowest BCUT2D eigenvalue weighted by Gasteiger charge is -2.18. The van der Waals surface area contributed by atoms with Gasteiger partial charge in [0.25, 0.3) is 15.9 Å². The summed E-state index contributed by atoms with van der Waals surface area (Å²) in [4.78, 5) is 12.7. The number of rotatable bonds is 7. The molecule has 31 heavy (non-hydrogen) atoms. The number of hydrogen-bond acceptors (Lipinski definition) is 3. The molecule has 0 aromatic heterocycles. The Balaban J connectivity index is 1.87. The van der Waals surface area contributed by atoms with Gasteiger partial charge >= 0.3 is 0 Å². The first kappa shape index (κ1) is 22.8. The van der Waals surface area contributed by atoms with Gasteiger partial charge < -0.3 is 5.32 Å². The minimum atomic E-state index is -3.98. The Bertz CT molecular complexity index is 1190. The highest BCUT2D eigenvalue weighted by atomic mass is 35.5. The fourth-order valence-electron chi connectivity index (χ4n) is 3.33. The zero-order valence-corrected chi connectivity index (χ0v) is 19.2. The molecule has 5 nitrogen and oxygen atoms in total. The topological polar surface area (TPSA) is 75.3 Å². The molecule has 0 aliphatic heterocycles.